The summed E-state index contributed by atoms with van der Waals surface area (Å²) in [7, 11) is 0. The third-order valence-corrected chi connectivity index (χ3v) is 12.0. The minimum absolute atomic E-state index is 0.158. The van der Waals surface area contributed by atoms with E-state index in [4.69, 9.17) is 28.4 Å². The number of aliphatic hydroxyl groups excluding tert-OH is 7. The Hall–Kier alpha value is -2.80. The van der Waals surface area contributed by atoms with Crippen LogP contribution in [0.5, 0.6) is 0 Å². The molecule has 11 atom stereocenters. The average Bonchev–Trinajstić information content (AvgIpc) is 3.33. The van der Waals surface area contributed by atoms with Crippen LogP contribution in [-0.2, 0) is 38.0 Å². The van der Waals surface area contributed by atoms with E-state index in [0.29, 0.717) is 12.8 Å². The van der Waals surface area contributed by atoms with Crippen LogP contribution in [0.4, 0.5) is 0 Å². The van der Waals surface area contributed by atoms with E-state index in [1.807, 2.05) is 0 Å². The Kier molecular flexibility index (Phi) is 36.0. The average molecular weight is 967 g/mol. The molecule has 0 saturated carbocycles. The molecule has 2 fully saturated rings. The van der Waals surface area contributed by atoms with Crippen molar-refractivity contribution in [3.05, 3.63) is 60.8 Å². The first-order valence-corrected chi connectivity index (χ1v) is 25.9. The van der Waals surface area contributed by atoms with Crippen LogP contribution in [0.15, 0.2) is 60.8 Å². The van der Waals surface area contributed by atoms with Crippen molar-refractivity contribution in [3.8, 4) is 0 Å². The minimum Gasteiger partial charge on any atom is -0.462 e. The van der Waals surface area contributed by atoms with E-state index in [1.54, 1.807) is 0 Å². The molecule has 0 aromatic carbocycles. The fraction of sp³-hybridized carbons (Fsp3) is 0.774. The Labute approximate surface area is 407 Å². The van der Waals surface area contributed by atoms with Gasteiger partial charge in [-0.1, -0.05) is 158 Å². The van der Waals surface area contributed by atoms with Crippen molar-refractivity contribution < 1.29 is 73.8 Å². The van der Waals surface area contributed by atoms with Crippen molar-refractivity contribution in [2.24, 2.45) is 0 Å². The maximum atomic E-state index is 13.0. The predicted molar refractivity (Wildman–Crippen MR) is 261 cm³/mol. The number of carbonyl (C=O) groups excluding carboxylic acids is 2. The molecule has 2 aliphatic rings. The summed E-state index contributed by atoms with van der Waals surface area (Å²) in [4.78, 5) is 25.7. The molecule has 0 spiro atoms. The predicted octanol–water partition coefficient (Wildman–Crippen LogP) is 7.27. The Morgan fingerprint density at radius 3 is 1.46 bits per heavy atom. The van der Waals surface area contributed by atoms with E-state index >= 15 is 0 Å². The zero-order valence-corrected chi connectivity index (χ0v) is 41.3. The topological polar surface area (TPSA) is 231 Å². The number of hydrogen-bond acceptors (Lipinski definition) is 15. The van der Waals surface area contributed by atoms with Gasteiger partial charge in [-0.05, 0) is 57.8 Å². The molecule has 0 aromatic heterocycles. The maximum absolute atomic E-state index is 13.0. The summed E-state index contributed by atoms with van der Waals surface area (Å²) < 4.78 is 33.5. The van der Waals surface area contributed by atoms with E-state index in [0.717, 1.165) is 70.6 Å². The Balaban J connectivity index is 1.82. The van der Waals surface area contributed by atoms with E-state index in [-0.39, 0.29) is 19.4 Å². The number of aliphatic hydroxyl groups is 7. The molecule has 0 amide bonds. The van der Waals surface area contributed by atoms with Crippen molar-refractivity contribution in [1.82, 2.24) is 0 Å². The van der Waals surface area contributed by atoms with Gasteiger partial charge in [-0.25, -0.2) is 0 Å². The lowest BCUT2D eigenvalue weighted by molar-refractivity contribution is -0.332. The van der Waals surface area contributed by atoms with Gasteiger partial charge in [0.15, 0.2) is 18.7 Å². The van der Waals surface area contributed by atoms with Gasteiger partial charge >= 0.3 is 11.9 Å². The molecule has 0 aliphatic carbocycles. The zero-order chi connectivity index (χ0) is 49.6. The standard InChI is InChI=1S/C53H90O15/c1-3-5-7-9-11-13-15-17-18-19-20-21-22-24-25-27-29-31-33-35-44(55)63-38-41(66-45(56)36-34-32-30-28-26-23-16-14-12-10-8-6-4-2)39-64-52-51(62)49(60)47(58)43(68-52)40-65-53-50(61)48(59)46(57)42(37-54)67-53/h5,7,11,13,17-18,20-21,24-25,41-43,46-54,57-62H,3-4,6,8-10,12,14-16,19,22-23,26-40H2,1-2H3/b7-5+,13-11+,18-17+,21-20+,25-24+/t41-,42+,43+,46-,47-,48?,49?,50?,51?,52+,53+/m0/s1. The van der Waals surface area contributed by atoms with E-state index < -0.39 is 99.3 Å². The fourth-order valence-corrected chi connectivity index (χ4v) is 7.77. The lowest BCUT2D eigenvalue weighted by Crippen LogP contribution is -2.61. The zero-order valence-electron chi connectivity index (χ0n) is 41.3. The Morgan fingerprint density at radius 1 is 0.485 bits per heavy atom. The highest BCUT2D eigenvalue weighted by molar-refractivity contribution is 5.70. The highest BCUT2D eigenvalue weighted by atomic mass is 16.7. The monoisotopic (exact) mass is 967 g/mol. The fourth-order valence-electron chi connectivity index (χ4n) is 7.77. The number of rotatable bonds is 39. The van der Waals surface area contributed by atoms with Crippen molar-refractivity contribution in [3.63, 3.8) is 0 Å². The van der Waals surface area contributed by atoms with Crippen LogP contribution in [0.1, 0.15) is 168 Å². The van der Waals surface area contributed by atoms with Gasteiger partial charge in [-0.3, -0.25) is 9.59 Å². The molecule has 392 valence electrons. The third-order valence-electron chi connectivity index (χ3n) is 12.0. The molecular weight excluding hydrogens is 877 g/mol. The second kappa shape index (κ2) is 39.9. The Bertz CT molecular complexity index is 1420. The van der Waals surface area contributed by atoms with E-state index in [1.165, 1.54) is 57.8 Å². The van der Waals surface area contributed by atoms with Crippen LogP contribution >= 0.6 is 0 Å². The molecule has 4 unspecified atom stereocenters. The molecule has 15 nitrogen and oxygen atoms in total. The summed E-state index contributed by atoms with van der Waals surface area (Å²) >= 11 is 0. The molecule has 15 heteroatoms. The summed E-state index contributed by atoms with van der Waals surface area (Å²) in [6, 6.07) is 0. The van der Waals surface area contributed by atoms with Crippen LogP contribution in [0.25, 0.3) is 0 Å². The molecule has 68 heavy (non-hydrogen) atoms. The number of unbranched alkanes of at least 4 members (excludes halogenated alkanes) is 15. The summed E-state index contributed by atoms with van der Waals surface area (Å²) in [6.07, 6.45) is 28.2. The number of carbonyl (C=O) groups is 2. The van der Waals surface area contributed by atoms with Crippen LogP contribution in [-0.4, -0.2) is 142 Å². The van der Waals surface area contributed by atoms with Gasteiger partial charge in [0, 0.05) is 12.8 Å². The smallest absolute Gasteiger partial charge is 0.306 e. The third kappa shape index (κ3) is 27.6. The summed E-state index contributed by atoms with van der Waals surface area (Å²) in [5, 5.41) is 72.1. The van der Waals surface area contributed by atoms with Crippen LogP contribution in [0.2, 0.25) is 0 Å². The van der Waals surface area contributed by atoms with Gasteiger partial charge < -0.3 is 64.2 Å². The van der Waals surface area contributed by atoms with Crippen molar-refractivity contribution in [1.29, 1.82) is 0 Å². The quantitative estimate of drug-likeness (QED) is 0.0183. The summed E-state index contributed by atoms with van der Waals surface area (Å²) in [6.45, 7) is 2.43. The van der Waals surface area contributed by atoms with Gasteiger partial charge in [0.1, 0.15) is 55.4 Å². The SMILES string of the molecule is CC/C=C/C/C=C/C/C=C/C/C=C/C/C=C/CCCCCC(=O)OC[C@@H](CO[C@@H]1O[C@H](CO[C@@H]2O[C@H](CO)[C@H](O)C(O)C2O)[C@H](O)C(O)C1O)OC(=O)CCCCCCCCCCCCCCC. The van der Waals surface area contributed by atoms with Gasteiger partial charge in [0.2, 0.25) is 0 Å². The summed E-state index contributed by atoms with van der Waals surface area (Å²) in [5.74, 6) is -0.963. The molecule has 2 heterocycles. The number of esters is 2. The first-order chi connectivity index (χ1) is 33.0. The normalized spacial score (nSPS) is 26.2. The van der Waals surface area contributed by atoms with Gasteiger partial charge in [-0.2, -0.15) is 0 Å². The lowest BCUT2D eigenvalue weighted by Gasteiger charge is -2.42. The van der Waals surface area contributed by atoms with Gasteiger partial charge in [-0.15, -0.1) is 0 Å². The second-order valence-corrected chi connectivity index (χ2v) is 18.0. The van der Waals surface area contributed by atoms with Crippen LogP contribution in [0.3, 0.4) is 0 Å². The molecule has 2 aliphatic heterocycles. The number of hydrogen-bond donors (Lipinski definition) is 7. The second-order valence-electron chi connectivity index (χ2n) is 18.0. The van der Waals surface area contributed by atoms with Gasteiger partial charge in [0.05, 0.1) is 19.8 Å². The van der Waals surface area contributed by atoms with E-state index in [9.17, 15) is 45.3 Å². The molecule has 0 bridgehead atoms. The molecule has 0 radical (unpaired) electrons. The maximum Gasteiger partial charge on any atom is 0.306 e. The number of ether oxygens (including phenoxy) is 6. The lowest BCUT2D eigenvalue weighted by atomic mass is 9.98. The minimum atomic E-state index is -1.77. The Morgan fingerprint density at radius 2 is 0.926 bits per heavy atom. The molecule has 7 N–H and O–H groups in total. The van der Waals surface area contributed by atoms with Crippen LogP contribution < -0.4 is 0 Å². The highest BCUT2D eigenvalue weighted by Gasteiger charge is 2.47. The first-order valence-electron chi connectivity index (χ1n) is 25.9. The molecular formula is C53H90O15. The first kappa shape index (κ1) is 61.3. The highest BCUT2D eigenvalue weighted by Crippen LogP contribution is 2.26. The van der Waals surface area contributed by atoms with E-state index in [2.05, 4.69) is 74.6 Å². The van der Waals surface area contributed by atoms with Crippen LogP contribution in [0, 0.1) is 0 Å². The van der Waals surface area contributed by atoms with Crippen molar-refractivity contribution in [2.45, 2.75) is 235 Å². The van der Waals surface area contributed by atoms with Gasteiger partial charge in [0.25, 0.3) is 0 Å². The summed E-state index contributed by atoms with van der Waals surface area (Å²) in [5.41, 5.74) is 0. The number of allylic oxidation sites excluding steroid dienone is 10. The molecule has 2 saturated heterocycles. The van der Waals surface area contributed by atoms with Crippen molar-refractivity contribution >= 4 is 11.9 Å². The van der Waals surface area contributed by atoms with Crippen molar-refractivity contribution in [2.75, 3.05) is 26.4 Å². The molecule has 0 aromatic rings. The molecule has 2 rings (SSSR count). The largest absolute Gasteiger partial charge is 0.462 e.